The predicted molar refractivity (Wildman–Crippen MR) is 108 cm³/mol. The van der Waals surface area contributed by atoms with E-state index in [1.165, 1.54) is 0 Å². The van der Waals surface area contributed by atoms with Crippen molar-refractivity contribution in [2.75, 3.05) is 10.6 Å². The Hall–Kier alpha value is -3.43. The summed E-state index contributed by atoms with van der Waals surface area (Å²) in [7, 11) is 0. The molecule has 0 radical (unpaired) electrons. The molecule has 3 rings (SSSR count). The summed E-state index contributed by atoms with van der Waals surface area (Å²) >= 11 is 0. The molecule has 2 heterocycles. The van der Waals surface area contributed by atoms with Crippen LogP contribution in [0.5, 0.6) is 0 Å². The second-order valence-electron chi connectivity index (χ2n) is 7.17. The number of carboxylic acid groups (broad SMARTS) is 1. The summed E-state index contributed by atoms with van der Waals surface area (Å²) in [6, 6.07) is 5.01. The monoisotopic (exact) mass is 399 g/mol. The van der Waals surface area contributed by atoms with Crippen LogP contribution in [0.3, 0.4) is 0 Å². The minimum absolute atomic E-state index is 0.000525. The van der Waals surface area contributed by atoms with E-state index in [9.17, 15) is 9.59 Å². The van der Waals surface area contributed by atoms with Gasteiger partial charge in [-0.15, -0.1) is 10.2 Å². The van der Waals surface area contributed by atoms with Crippen molar-refractivity contribution in [2.45, 2.75) is 51.6 Å². The van der Waals surface area contributed by atoms with Gasteiger partial charge in [0.15, 0.2) is 11.5 Å². The molecule has 10 heteroatoms. The van der Waals surface area contributed by atoms with E-state index in [1.807, 2.05) is 19.9 Å². The maximum Gasteiger partial charge on any atom is 0.404 e. The quantitative estimate of drug-likeness (QED) is 0.495. The van der Waals surface area contributed by atoms with E-state index in [4.69, 9.17) is 10.8 Å². The number of amides is 2. The van der Waals surface area contributed by atoms with Crippen LogP contribution in [-0.2, 0) is 0 Å². The molecule has 6 N–H and O–H groups in total. The normalized spacial score (nSPS) is 18.7. The predicted octanol–water partition coefficient (Wildman–Crippen LogP) is 2.32. The van der Waals surface area contributed by atoms with Gasteiger partial charge in [-0.1, -0.05) is 18.9 Å². The minimum atomic E-state index is -1.05. The third-order valence-electron chi connectivity index (χ3n) is 5.05. The van der Waals surface area contributed by atoms with Crippen molar-refractivity contribution in [1.29, 1.82) is 0 Å². The van der Waals surface area contributed by atoms with Crippen LogP contribution in [0.25, 0.3) is 0 Å². The molecule has 1 aliphatic rings. The molecule has 1 aliphatic carbocycles. The van der Waals surface area contributed by atoms with Gasteiger partial charge in [-0.05, 0) is 38.3 Å². The van der Waals surface area contributed by atoms with E-state index in [0.717, 1.165) is 36.9 Å². The Bertz CT molecular complexity index is 919. The topological polar surface area (TPSA) is 155 Å². The van der Waals surface area contributed by atoms with Crippen LogP contribution >= 0.6 is 0 Å². The molecule has 154 valence electrons. The number of nitrogens with two attached hydrogens (primary N) is 1. The van der Waals surface area contributed by atoms with Crippen LogP contribution in [0, 0.1) is 13.8 Å². The Morgan fingerprint density at radius 1 is 1.10 bits per heavy atom. The SMILES string of the molecule is Cc1ccc(Nc2cc(NC3CCCCC3NC(=O)O)nnc2C(N)=O)nc1C. The number of anilines is 3. The molecular weight excluding hydrogens is 374 g/mol. The van der Waals surface area contributed by atoms with Crippen LogP contribution in [-0.4, -0.2) is 44.4 Å². The Kier molecular flexibility index (Phi) is 6.10. The van der Waals surface area contributed by atoms with E-state index < -0.39 is 12.0 Å². The van der Waals surface area contributed by atoms with Gasteiger partial charge in [0, 0.05) is 17.8 Å². The van der Waals surface area contributed by atoms with Crippen molar-refractivity contribution in [3.8, 4) is 0 Å². The summed E-state index contributed by atoms with van der Waals surface area (Å²) in [5, 5.41) is 25.9. The lowest BCUT2D eigenvalue weighted by Crippen LogP contribution is -2.48. The van der Waals surface area contributed by atoms with Gasteiger partial charge in [-0.25, -0.2) is 9.78 Å². The second-order valence-corrected chi connectivity index (χ2v) is 7.17. The lowest BCUT2D eigenvalue weighted by atomic mass is 9.90. The van der Waals surface area contributed by atoms with E-state index in [2.05, 4.69) is 31.1 Å². The van der Waals surface area contributed by atoms with Gasteiger partial charge in [0.1, 0.15) is 5.82 Å². The zero-order valence-electron chi connectivity index (χ0n) is 16.4. The first-order valence-electron chi connectivity index (χ1n) is 9.48. The summed E-state index contributed by atoms with van der Waals surface area (Å²) in [4.78, 5) is 27.3. The zero-order chi connectivity index (χ0) is 21.0. The highest BCUT2D eigenvalue weighted by Crippen LogP contribution is 2.25. The van der Waals surface area contributed by atoms with Gasteiger partial charge >= 0.3 is 6.09 Å². The Morgan fingerprint density at radius 3 is 2.48 bits per heavy atom. The van der Waals surface area contributed by atoms with Gasteiger partial charge in [0.05, 0.1) is 11.7 Å². The summed E-state index contributed by atoms with van der Waals surface area (Å²) in [6.45, 7) is 3.86. The number of aromatic nitrogens is 3. The summed E-state index contributed by atoms with van der Waals surface area (Å²) < 4.78 is 0. The molecule has 1 saturated carbocycles. The molecular formula is C19H25N7O3. The number of carbonyl (C=O) groups excluding carboxylic acids is 1. The maximum absolute atomic E-state index is 11.8. The van der Waals surface area contributed by atoms with Crippen molar-refractivity contribution in [3.63, 3.8) is 0 Å². The van der Waals surface area contributed by atoms with E-state index >= 15 is 0 Å². The molecule has 29 heavy (non-hydrogen) atoms. The number of rotatable bonds is 6. The molecule has 2 unspecified atom stereocenters. The first kappa shape index (κ1) is 20.3. The fourth-order valence-corrected chi connectivity index (χ4v) is 3.40. The average molecular weight is 399 g/mol. The van der Waals surface area contributed by atoms with Crippen molar-refractivity contribution < 1.29 is 14.7 Å². The highest BCUT2D eigenvalue weighted by molar-refractivity contribution is 5.97. The number of hydrogen-bond donors (Lipinski definition) is 5. The number of nitrogens with one attached hydrogen (secondary N) is 3. The standard InChI is InChI=1S/C19H25N7O3/c1-10-7-8-15(21-11(10)2)23-14-9-16(25-26-17(14)18(20)27)22-12-5-3-4-6-13(12)24-19(28)29/h7-9,12-13,24H,3-6H2,1-2H3,(H2,20,27)(H,28,29)(H2,21,22,23,25). The Balaban J connectivity index is 1.84. The van der Waals surface area contributed by atoms with Crippen LogP contribution in [0.15, 0.2) is 18.2 Å². The number of pyridine rings is 1. The molecule has 2 aromatic rings. The fraction of sp³-hybridized carbons (Fsp3) is 0.421. The Labute approximate surface area is 168 Å². The smallest absolute Gasteiger partial charge is 0.404 e. The molecule has 1 fully saturated rings. The number of hydrogen-bond acceptors (Lipinski definition) is 7. The number of carbonyl (C=O) groups is 2. The molecule has 0 saturated heterocycles. The lowest BCUT2D eigenvalue weighted by Gasteiger charge is -2.32. The van der Waals surface area contributed by atoms with Crippen LogP contribution < -0.4 is 21.7 Å². The third-order valence-corrected chi connectivity index (χ3v) is 5.05. The highest BCUT2D eigenvalue weighted by atomic mass is 16.4. The molecule has 2 aromatic heterocycles. The fourth-order valence-electron chi connectivity index (χ4n) is 3.40. The van der Waals surface area contributed by atoms with Gasteiger partial charge in [-0.3, -0.25) is 4.79 Å². The molecule has 0 aromatic carbocycles. The summed E-state index contributed by atoms with van der Waals surface area (Å²) in [5.41, 5.74) is 7.73. The van der Waals surface area contributed by atoms with Crippen LogP contribution in [0.2, 0.25) is 0 Å². The molecule has 0 aliphatic heterocycles. The summed E-state index contributed by atoms with van der Waals surface area (Å²) in [5.74, 6) is 0.265. The first-order valence-corrected chi connectivity index (χ1v) is 9.48. The Morgan fingerprint density at radius 2 is 1.83 bits per heavy atom. The third kappa shape index (κ3) is 5.09. The van der Waals surface area contributed by atoms with Crippen LogP contribution in [0.1, 0.15) is 47.4 Å². The average Bonchev–Trinajstić information content (AvgIpc) is 2.66. The molecule has 10 nitrogen and oxygen atoms in total. The van der Waals surface area contributed by atoms with Gasteiger partial charge in [0.2, 0.25) is 0 Å². The summed E-state index contributed by atoms with van der Waals surface area (Å²) in [6.07, 6.45) is 2.43. The maximum atomic E-state index is 11.8. The van der Waals surface area contributed by atoms with E-state index in [1.54, 1.807) is 12.1 Å². The zero-order valence-corrected chi connectivity index (χ0v) is 16.4. The number of primary amides is 1. The second kappa shape index (κ2) is 8.72. The molecule has 2 atom stereocenters. The molecule has 2 amide bonds. The highest BCUT2D eigenvalue weighted by Gasteiger charge is 2.27. The number of aryl methyl sites for hydroxylation is 2. The largest absolute Gasteiger partial charge is 0.465 e. The number of nitrogens with zero attached hydrogens (tertiary/aromatic N) is 3. The first-order chi connectivity index (χ1) is 13.8. The van der Waals surface area contributed by atoms with Crippen LogP contribution in [0.4, 0.5) is 22.1 Å². The molecule has 0 bridgehead atoms. The van der Waals surface area contributed by atoms with E-state index in [-0.39, 0.29) is 17.8 Å². The van der Waals surface area contributed by atoms with E-state index in [0.29, 0.717) is 17.3 Å². The van der Waals surface area contributed by atoms with Crippen molar-refractivity contribution in [2.24, 2.45) is 5.73 Å². The van der Waals surface area contributed by atoms with Gasteiger partial charge < -0.3 is 26.8 Å². The van der Waals surface area contributed by atoms with Gasteiger partial charge in [0.25, 0.3) is 5.91 Å². The van der Waals surface area contributed by atoms with Crippen molar-refractivity contribution >= 4 is 29.3 Å². The minimum Gasteiger partial charge on any atom is -0.465 e. The van der Waals surface area contributed by atoms with Gasteiger partial charge in [-0.2, -0.15) is 0 Å². The van der Waals surface area contributed by atoms with Crippen molar-refractivity contribution in [1.82, 2.24) is 20.5 Å². The van der Waals surface area contributed by atoms with Crippen molar-refractivity contribution in [3.05, 3.63) is 35.2 Å². The molecule has 0 spiro atoms. The lowest BCUT2D eigenvalue weighted by molar-refractivity contribution is 0.0995.